The Labute approximate surface area is 162 Å². The van der Waals surface area contributed by atoms with Gasteiger partial charge in [-0.05, 0) is 30.2 Å². The van der Waals surface area contributed by atoms with Gasteiger partial charge in [0.15, 0.2) is 5.89 Å². The summed E-state index contributed by atoms with van der Waals surface area (Å²) in [5, 5.41) is 8.84. The van der Waals surface area contributed by atoms with Crippen molar-refractivity contribution in [1.29, 1.82) is 5.26 Å². The number of nitrogens with zero attached hydrogens (tertiary/aromatic N) is 3. The summed E-state index contributed by atoms with van der Waals surface area (Å²) in [4.78, 5) is 18.8. The average Bonchev–Trinajstić information content (AvgIpc) is 3.14. The van der Waals surface area contributed by atoms with Crippen LogP contribution in [-0.4, -0.2) is 22.3 Å². The van der Waals surface area contributed by atoms with E-state index in [0.29, 0.717) is 31.8 Å². The van der Waals surface area contributed by atoms with Crippen LogP contribution in [0.5, 0.6) is 0 Å². The van der Waals surface area contributed by atoms with Crippen LogP contribution in [0, 0.1) is 17.1 Å². The van der Waals surface area contributed by atoms with E-state index in [2.05, 4.69) is 17.1 Å². The van der Waals surface area contributed by atoms with Gasteiger partial charge in [0.25, 0.3) is 5.91 Å². The predicted molar refractivity (Wildman–Crippen MR) is 99.9 cm³/mol. The first-order chi connectivity index (χ1) is 13.6. The minimum absolute atomic E-state index is 0.0322. The molecule has 2 aromatic carbocycles. The largest absolute Gasteiger partial charge is 0.445 e. The van der Waals surface area contributed by atoms with Gasteiger partial charge in [-0.3, -0.25) is 4.79 Å². The first-order valence-electron chi connectivity index (χ1n) is 9.14. The number of halogens is 1. The summed E-state index contributed by atoms with van der Waals surface area (Å²) in [6.07, 6.45) is 2.08. The minimum atomic E-state index is -0.682. The molecule has 0 aliphatic carbocycles. The van der Waals surface area contributed by atoms with Gasteiger partial charge in [0, 0.05) is 19.4 Å². The van der Waals surface area contributed by atoms with Gasteiger partial charge in [-0.2, -0.15) is 5.26 Å². The number of hydrogen-bond acceptors (Lipinski definition) is 4. The lowest BCUT2D eigenvalue weighted by molar-refractivity contribution is 0.0723. The van der Waals surface area contributed by atoms with Crippen LogP contribution in [0.1, 0.15) is 38.8 Å². The van der Waals surface area contributed by atoms with Gasteiger partial charge in [-0.25, -0.2) is 9.37 Å². The third kappa shape index (κ3) is 3.65. The number of rotatable bonds is 4. The number of benzene rings is 2. The van der Waals surface area contributed by atoms with Crippen LogP contribution in [-0.2, 0) is 25.8 Å². The van der Waals surface area contributed by atoms with E-state index >= 15 is 0 Å². The maximum Gasteiger partial charge on any atom is 0.257 e. The molecule has 140 valence electrons. The zero-order valence-corrected chi connectivity index (χ0v) is 15.2. The van der Waals surface area contributed by atoms with Crippen LogP contribution in [0.25, 0.3) is 0 Å². The predicted octanol–water partition coefficient (Wildman–Crippen LogP) is 3.67. The molecule has 2 heterocycles. The molecular formula is C22H18FN3O2. The van der Waals surface area contributed by atoms with Crippen molar-refractivity contribution in [3.63, 3.8) is 0 Å². The summed E-state index contributed by atoms with van der Waals surface area (Å²) in [7, 11) is 0. The molecule has 0 radical (unpaired) electrons. The van der Waals surface area contributed by atoms with E-state index in [0.717, 1.165) is 23.9 Å². The summed E-state index contributed by atoms with van der Waals surface area (Å²) in [5.41, 5.74) is 2.10. The fraction of sp³-hybridized carbons (Fsp3) is 0.227. The lowest BCUT2D eigenvalue weighted by Gasteiger charge is -2.25. The molecule has 4 rings (SSSR count). The smallest absolute Gasteiger partial charge is 0.257 e. The van der Waals surface area contributed by atoms with E-state index < -0.39 is 11.7 Å². The van der Waals surface area contributed by atoms with Crippen LogP contribution < -0.4 is 0 Å². The Balaban J connectivity index is 1.45. The Bertz CT molecular complexity index is 1050. The summed E-state index contributed by atoms with van der Waals surface area (Å²) >= 11 is 0. The summed E-state index contributed by atoms with van der Waals surface area (Å²) in [5.74, 6) is 0.375. The zero-order chi connectivity index (χ0) is 19.5. The number of carbonyl (C=O) groups excluding carboxylic acids is 1. The number of amides is 1. The third-order valence-corrected chi connectivity index (χ3v) is 4.86. The first-order valence-corrected chi connectivity index (χ1v) is 9.14. The molecule has 1 aliphatic rings. The molecule has 1 amide bonds. The molecule has 0 spiro atoms. The molecule has 3 aromatic rings. The fourth-order valence-electron chi connectivity index (χ4n) is 3.36. The van der Waals surface area contributed by atoms with Gasteiger partial charge < -0.3 is 9.32 Å². The van der Waals surface area contributed by atoms with Crippen LogP contribution >= 0.6 is 0 Å². The fourth-order valence-corrected chi connectivity index (χ4v) is 3.36. The van der Waals surface area contributed by atoms with Crippen molar-refractivity contribution in [1.82, 2.24) is 9.88 Å². The number of aryl methyl sites for hydroxylation is 2. The second-order valence-electron chi connectivity index (χ2n) is 6.75. The van der Waals surface area contributed by atoms with Crippen molar-refractivity contribution in [2.75, 3.05) is 6.54 Å². The Morgan fingerprint density at radius 1 is 1.21 bits per heavy atom. The number of oxazole rings is 1. The van der Waals surface area contributed by atoms with Gasteiger partial charge in [0.05, 0.1) is 23.7 Å². The maximum absolute atomic E-state index is 14.2. The number of carbonyl (C=O) groups is 1. The summed E-state index contributed by atoms with van der Waals surface area (Å²) in [6, 6.07) is 15.9. The van der Waals surface area contributed by atoms with Crippen LogP contribution in [0.4, 0.5) is 4.39 Å². The minimum Gasteiger partial charge on any atom is -0.445 e. The number of aromatic nitrogens is 1. The molecule has 1 aliphatic heterocycles. The van der Waals surface area contributed by atoms with Crippen molar-refractivity contribution < 1.29 is 13.6 Å². The zero-order valence-electron chi connectivity index (χ0n) is 15.2. The van der Waals surface area contributed by atoms with Crippen LogP contribution in [0.3, 0.4) is 0 Å². The van der Waals surface area contributed by atoms with Crippen molar-refractivity contribution in [2.45, 2.75) is 25.8 Å². The molecule has 0 saturated carbocycles. The van der Waals surface area contributed by atoms with E-state index in [9.17, 15) is 9.18 Å². The molecule has 0 unspecified atom stereocenters. The molecule has 0 bridgehead atoms. The highest BCUT2D eigenvalue weighted by Crippen LogP contribution is 2.23. The third-order valence-electron chi connectivity index (χ3n) is 4.86. The second kappa shape index (κ2) is 7.65. The normalized spacial score (nSPS) is 13.1. The van der Waals surface area contributed by atoms with Gasteiger partial charge in [-0.1, -0.05) is 30.3 Å². The molecule has 0 fully saturated rings. The van der Waals surface area contributed by atoms with Crippen LogP contribution in [0.2, 0.25) is 0 Å². The van der Waals surface area contributed by atoms with Crippen molar-refractivity contribution in [3.8, 4) is 6.07 Å². The molecule has 28 heavy (non-hydrogen) atoms. The monoisotopic (exact) mass is 375 g/mol. The van der Waals surface area contributed by atoms with Gasteiger partial charge in [-0.15, -0.1) is 0 Å². The average molecular weight is 375 g/mol. The lowest BCUT2D eigenvalue weighted by Crippen LogP contribution is -2.36. The standard InChI is InChI=1S/C22H18FN3O2/c23-18-12-16(13-24)6-8-17(18)22(27)26-11-10-20-19(14-26)25-21(28-20)9-7-15-4-2-1-3-5-15/h1-6,8,12H,7,9-11,14H2. The maximum atomic E-state index is 14.2. The SMILES string of the molecule is N#Cc1ccc(C(=O)N2CCc3oc(CCc4ccccc4)nc3C2)c(F)c1. The molecule has 6 heteroatoms. The quantitative estimate of drug-likeness (QED) is 0.698. The molecule has 0 saturated heterocycles. The van der Waals surface area contributed by atoms with Gasteiger partial charge in [0.2, 0.25) is 0 Å². The van der Waals surface area contributed by atoms with E-state index in [1.54, 1.807) is 4.90 Å². The molecular weight excluding hydrogens is 357 g/mol. The number of nitriles is 1. The van der Waals surface area contributed by atoms with Crippen LogP contribution in [0.15, 0.2) is 52.9 Å². The van der Waals surface area contributed by atoms with E-state index in [1.807, 2.05) is 24.3 Å². The van der Waals surface area contributed by atoms with Crippen molar-refractivity contribution in [3.05, 3.63) is 88.4 Å². The Morgan fingerprint density at radius 3 is 2.79 bits per heavy atom. The van der Waals surface area contributed by atoms with Gasteiger partial charge >= 0.3 is 0 Å². The van der Waals surface area contributed by atoms with E-state index in [-0.39, 0.29) is 11.1 Å². The van der Waals surface area contributed by atoms with Crippen molar-refractivity contribution >= 4 is 5.91 Å². The molecule has 1 aromatic heterocycles. The van der Waals surface area contributed by atoms with Gasteiger partial charge in [0.1, 0.15) is 17.3 Å². The molecule has 0 N–H and O–H groups in total. The Morgan fingerprint density at radius 2 is 2.04 bits per heavy atom. The highest BCUT2D eigenvalue weighted by atomic mass is 19.1. The summed E-state index contributed by atoms with van der Waals surface area (Å²) < 4.78 is 20.0. The Kier molecular flexibility index (Phi) is 4.90. The lowest BCUT2D eigenvalue weighted by atomic mass is 10.1. The topological polar surface area (TPSA) is 70.1 Å². The molecule has 5 nitrogen and oxygen atoms in total. The molecule has 0 atom stereocenters. The van der Waals surface area contributed by atoms with E-state index in [1.165, 1.54) is 17.7 Å². The van der Waals surface area contributed by atoms with E-state index in [4.69, 9.17) is 9.68 Å². The first kappa shape index (κ1) is 17.9. The van der Waals surface area contributed by atoms with Crippen molar-refractivity contribution in [2.24, 2.45) is 0 Å². The Hall–Kier alpha value is -3.46. The summed E-state index contributed by atoms with van der Waals surface area (Å²) in [6.45, 7) is 0.737. The number of fused-ring (bicyclic) bond motifs is 1. The highest BCUT2D eigenvalue weighted by molar-refractivity contribution is 5.94. The highest BCUT2D eigenvalue weighted by Gasteiger charge is 2.27. The number of hydrogen-bond donors (Lipinski definition) is 0. The second-order valence-corrected chi connectivity index (χ2v) is 6.75.